The number of hydrogen-bond acceptors (Lipinski definition) is 2. The van der Waals surface area contributed by atoms with Gasteiger partial charge in [-0.05, 0) is 16.3 Å². The van der Waals surface area contributed by atoms with E-state index in [9.17, 15) is 0 Å². The minimum atomic E-state index is 0.126. The van der Waals surface area contributed by atoms with Gasteiger partial charge in [-0.25, -0.2) is 0 Å². The molecule has 0 amide bonds. The Balaban J connectivity index is 2.65. The van der Waals surface area contributed by atoms with Gasteiger partial charge in [0, 0.05) is 11.8 Å². The van der Waals surface area contributed by atoms with Crippen LogP contribution in [0.15, 0.2) is 42.5 Å². The first kappa shape index (κ1) is 9.56. The summed E-state index contributed by atoms with van der Waals surface area (Å²) >= 11 is 4.47. The molecule has 2 aromatic rings. The Labute approximate surface area is 89.3 Å². The third-order valence-corrected chi connectivity index (χ3v) is 2.89. The quantitative estimate of drug-likeness (QED) is 0.721. The van der Waals surface area contributed by atoms with E-state index in [2.05, 4.69) is 43.0 Å². The molecule has 0 aliphatic rings. The number of rotatable bonds is 2. The third kappa shape index (κ3) is 1.63. The first-order valence-corrected chi connectivity index (χ1v) is 5.20. The van der Waals surface area contributed by atoms with Crippen molar-refractivity contribution in [3.05, 3.63) is 48.0 Å². The molecular formula is C12H13NS. The maximum Gasteiger partial charge on any atom is 0.0395 e. The van der Waals surface area contributed by atoms with E-state index in [0.717, 1.165) is 0 Å². The predicted octanol–water partition coefficient (Wildman–Crippen LogP) is 2.77. The van der Waals surface area contributed by atoms with Crippen LogP contribution in [-0.4, -0.2) is 6.54 Å². The van der Waals surface area contributed by atoms with Crippen LogP contribution in [0.2, 0.25) is 0 Å². The predicted molar refractivity (Wildman–Crippen MR) is 64.7 cm³/mol. The maximum absolute atomic E-state index is 5.62. The second-order valence-electron chi connectivity index (χ2n) is 3.32. The minimum Gasteiger partial charge on any atom is -0.329 e. The molecule has 0 saturated heterocycles. The SMILES string of the molecule is NCC(S)c1cccc2ccccc12. The molecule has 0 aliphatic heterocycles. The lowest BCUT2D eigenvalue weighted by molar-refractivity contribution is 0.958. The van der Waals surface area contributed by atoms with Crippen molar-refractivity contribution in [2.24, 2.45) is 5.73 Å². The van der Waals surface area contributed by atoms with Gasteiger partial charge in [0.15, 0.2) is 0 Å². The molecule has 2 rings (SSSR count). The second-order valence-corrected chi connectivity index (χ2v) is 3.94. The normalized spacial score (nSPS) is 13.0. The number of fused-ring (bicyclic) bond motifs is 1. The van der Waals surface area contributed by atoms with Crippen LogP contribution in [-0.2, 0) is 0 Å². The summed E-state index contributed by atoms with van der Waals surface area (Å²) < 4.78 is 0. The monoisotopic (exact) mass is 203 g/mol. The summed E-state index contributed by atoms with van der Waals surface area (Å²) in [5.41, 5.74) is 6.84. The van der Waals surface area contributed by atoms with Gasteiger partial charge in [-0.2, -0.15) is 12.6 Å². The van der Waals surface area contributed by atoms with Crippen molar-refractivity contribution >= 4 is 23.4 Å². The average Bonchev–Trinajstić information content (AvgIpc) is 2.27. The highest BCUT2D eigenvalue weighted by molar-refractivity contribution is 7.80. The Bertz CT molecular complexity index is 434. The Kier molecular flexibility index (Phi) is 2.75. The number of benzene rings is 2. The van der Waals surface area contributed by atoms with E-state index in [1.54, 1.807) is 0 Å². The summed E-state index contributed by atoms with van der Waals surface area (Å²) in [4.78, 5) is 0. The van der Waals surface area contributed by atoms with Gasteiger partial charge in [0.05, 0.1) is 0 Å². The molecule has 14 heavy (non-hydrogen) atoms. The molecule has 0 bridgehead atoms. The largest absolute Gasteiger partial charge is 0.329 e. The van der Waals surface area contributed by atoms with Crippen LogP contribution < -0.4 is 5.73 Å². The first-order chi connectivity index (χ1) is 6.83. The zero-order valence-corrected chi connectivity index (χ0v) is 8.74. The van der Waals surface area contributed by atoms with E-state index in [1.165, 1.54) is 16.3 Å². The number of nitrogens with two attached hydrogens (primary N) is 1. The first-order valence-electron chi connectivity index (χ1n) is 4.68. The highest BCUT2D eigenvalue weighted by atomic mass is 32.1. The molecule has 0 saturated carbocycles. The molecule has 0 spiro atoms. The van der Waals surface area contributed by atoms with Gasteiger partial charge in [-0.1, -0.05) is 42.5 Å². The number of hydrogen-bond donors (Lipinski definition) is 2. The van der Waals surface area contributed by atoms with Gasteiger partial charge < -0.3 is 5.73 Å². The van der Waals surface area contributed by atoms with Crippen LogP contribution in [0.25, 0.3) is 10.8 Å². The van der Waals surface area contributed by atoms with Gasteiger partial charge in [-0.3, -0.25) is 0 Å². The summed E-state index contributed by atoms with van der Waals surface area (Å²) in [6.45, 7) is 0.567. The van der Waals surface area contributed by atoms with Crippen LogP contribution in [0.1, 0.15) is 10.8 Å². The van der Waals surface area contributed by atoms with Crippen LogP contribution in [0.4, 0.5) is 0 Å². The van der Waals surface area contributed by atoms with Gasteiger partial charge in [-0.15, -0.1) is 0 Å². The molecule has 0 aromatic heterocycles. The zero-order valence-electron chi connectivity index (χ0n) is 7.85. The van der Waals surface area contributed by atoms with Crippen molar-refractivity contribution in [2.75, 3.05) is 6.54 Å². The average molecular weight is 203 g/mol. The molecule has 72 valence electrons. The molecule has 2 N–H and O–H groups in total. The summed E-state index contributed by atoms with van der Waals surface area (Å²) in [6, 6.07) is 14.6. The third-order valence-electron chi connectivity index (χ3n) is 2.41. The second kappa shape index (κ2) is 4.03. The van der Waals surface area contributed by atoms with Gasteiger partial charge in [0.1, 0.15) is 0 Å². The molecule has 1 nitrogen and oxygen atoms in total. The van der Waals surface area contributed by atoms with Crippen LogP contribution in [0.3, 0.4) is 0 Å². The van der Waals surface area contributed by atoms with Crippen molar-refractivity contribution < 1.29 is 0 Å². The van der Waals surface area contributed by atoms with E-state index in [0.29, 0.717) is 6.54 Å². The molecule has 0 radical (unpaired) electrons. The number of thiol groups is 1. The maximum atomic E-state index is 5.62. The molecule has 1 unspecified atom stereocenters. The Morgan fingerprint density at radius 3 is 2.57 bits per heavy atom. The van der Waals surface area contributed by atoms with Crippen molar-refractivity contribution in [3.63, 3.8) is 0 Å². The zero-order chi connectivity index (χ0) is 9.97. The lowest BCUT2D eigenvalue weighted by atomic mass is 10.0. The van der Waals surface area contributed by atoms with Crippen molar-refractivity contribution in [3.8, 4) is 0 Å². The fourth-order valence-corrected chi connectivity index (χ4v) is 1.89. The molecular weight excluding hydrogens is 190 g/mol. The summed E-state index contributed by atoms with van der Waals surface area (Å²) in [6.07, 6.45) is 0. The van der Waals surface area contributed by atoms with Gasteiger partial charge in [0.2, 0.25) is 0 Å². The van der Waals surface area contributed by atoms with Crippen molar-refractivity contribution in [1.29, 1.82) is 0 Å². The van der Waals surface area contributed by atoms with E-state index >= 15 is 0 Å². The Hall–Kier alpha value is -0.990. The highest BCUT2D eigenvalue weighted by Crippen LogP contribution is 2.26. The molecule has 0 heterocycles. The lowest BCUT2D eigenvalue weighted by Gasteiger charge is -2.11. The fourth-order valence-electron chi connectivity index (χ4n) is 1.67. The Morgan fingerprint density at radius 2 is 1.79 bits per heavy atom. The topological polar surface area (TPSA) is 26.0 Å². The fraction of sp³-hybridized carbons (Fsp3) is 0.167. The molecule has 0 fully saturated rings. The summed E-state index contributed by atoms with van der Waals surface area (Å²) in [5, 5.41) is 2.62. The molecule has 2 aromatic carbocycles. The van der Waals surface area contributed by atoms with Crippen LogP contribution in [0, 0.1) is 0 Å². The molecule has 1 atom stereocenters. The summed E-state index contributed by atoms with van der Waals surface area (Å²) in [5.74, 6) is 0. The Morgan fingerprint density at radius 1 is 1.07 bits per heavy atom. The van der Waals surface area contributed by atoms with Crippen molar-refractivity contribution in [1.82, 2.24) is 0 Å². The standard InChI is InChI=1S/C12H13NS/c13-8-12(14)11-7-3-5-9-4-1-2-6-10(9)11/h1-7,12,14H,8,13H2. The van der Waals surface area contributed by atoms with Crippen LogP contribution in [0.5, 0.6) is 0 Å². The van der Waals surface area contributed by atoms with Crippen molar-refractivity contribution in [2.45, 2.75) is 5.25 Å². The van der Waals surface area contributed by atoms with E-state index in [4.69, 9.17) is 5.73 Å². The summed E-state index contributed by atoms with van der Waals surface area (Å²) in [7, 11) is 0. The highest BCUT2D eigenvalue weighted by Gasteiger charge is 2.06. The van der Waals surface area contributed by atoms with E-state index < -0.39 is 0 Å². The smallest absolute Gasteiger partial charge is 0.0395 e. The van der Waals surface area contributed by atoms with Crippen LogP contribution >= 0.6 is 12.6 Å². The van der Waals surface area contributed by atoms with E-state index in [1.807, 2.05) is 12.1 Å². The van der Waals surface area contributed by atoms with E-state index in [-0.39, 0.29) is 5.25 Å². The molecule has 0 aliphatic carbocycles. The molecule has 2 heteroatoms. The lowest BCUT2D eigenvalue weighted by Crippen LogP contribution is -2.07. The van der Waals surface area contributed by atoms with Gasteiger partial charge in [0.25, 0.3) is 0 Å². The van der Waals surface area contributed by atoms with Gasteiger partial charge >= 0.3 is 0 Å². The minimum absolute atomic E-state index is 0.126.